The molecule has 4 heteroatoms. The Bertz CT molecular complexity index is 628. The third kappa shape index (κ3) is 2.69. The molecule has 0 saturated carbocycles. The van der Waals surface area contributed by atoms with Gasteiger partial charge in [0.25, 0.3) is 0 Å². The molecule has 0 saturated heterocycles. The summed E-state index contributed by atoms with van der Waals surface area (Å²) in [5, 5.41) is 0. The molecule has 2 N–H and O–H groups in total. The Hall–Kier alpha value is -1.84. The zero-order chi connectivity index (χ0) is 14.7. The van der Waals surface area contributed by atoms with Crippen LogP contribution in [-0.2, 0) is 13.5 Å². The Labute approximate surface area is 120 Å². The fourth-order valence-electron chi connectivity index (χ4n) is 2.64. The minimum atomic E-state index is -0.360. The van der Waals surface area contributed by atoms with Gasteiger partial charge in [0.2, 0.25) is 5.91 Å². The van der Waals surface area contributed by atoms with Gasteiger partial charge in [-0.15, -0.1) is 0 Å². The van der Waals surface area contributed by atoms with Crippen LogP contribution in [0.15, 0.2) is 12.1 Å². The van der Waals surface area contributed by atoms with Crippen LogP contribution in [0.5, 0.6) is 0 Å². The standard InChI is InChI=1S/C16H23N3O/c1-4-5-6-7-8-12-13(16(17)20)9-10-14-15(12)18-11(2)19(14)3/h9-10H,4-8H2,1-3H3,(H2,17,20). The van der Waals surface area contributed by atoms with Gasteiger partial charge in [-0.1, -0.05) is 26.2 Å². The van der Waals surface area contributed by atoms with Crippen LogP contribution in [0.4, 0.5) is 0 Å². The van der Waals surface area contributed by atoms with Crippen molar-refractivity contribution in [3.8, 4) is 0 Å². The van der Waals surface area contributed by atoms with E-state index >= 15 is 0 Å². The maximum Gasteiger partial charge on any atom is 0.249 e. The third-order valence-corrected chi connectivity index (χ3v) is 3.93. The smallest absolute Gasteiger partial charge is 0.249 e. The van der Waals surface area contributed by atoms with Crippen molar-refractivity contribution in [3.63, 3.8) is 0 Å². The van der Waals surface area contributed by atoms with Crippen LogP contribution in [0, 0.1) is 6.92 Å². The summed E-state index contributed by atoms with van der Waals surface area (Å²) in [5.74, 6) is 0.595. The summed E-state index contributed by atoms with van der Waals surface area (Å²) in [6.45, 7) is 4.17. The number of imidazole rings is 1. The first-order valence-electron chi connectivity index (χ1n) is 7.31. The van der Waals surface area contributed by atoms with E-state index in [-0.39, 0.29) is 5.91 Å². The number of benzene rings is 1. The van der Waals surface area contributed by atoms with Crippen molar-refractivity contribution in [3.05, 3.63) is 29.1 Å². The number of hydrogen-bond donors (Lipinski definition) is 1. The van der Waals surface area contributed by atoms with Crippen molar-refractivity contribution in [2.75, 3.05) is 0 Å². The number of aryl methyl sites for hydroxylation is 3. The van der Waals surface area contributed by atoms with Crippen LogP contribution < -0.4 is 5.73 Å². The number of amides is 1. The molecule has 2 rings (SSSR count). The second-order valence-electron chi connectivity index (χ2n) is 5.35. The number of carbonyl (C=O) groups is 1. The average Bonchev–Trinajstić information content (AvgIpc) is 2.71. The van der Waals surface area contributed by atoms with Crippen LogP contribution in [0.1, 0.15) is 54.4 Å². The van der Waals surface area contributed by atoms with E-state index in [4.69, 9.17) is 5.73 Å². The minimum absolute atomic E-state index is 0.360. The molecule has 4 nitrogen and oxygen atoms in total. The topological polar surface area (TPSA) is 60.9 Å². The highest BCUT2D eigenvalue weighted by Crippen LogP contribution is 2.24. The van der Waals surface area contributed by atoms with E-state index in [1.165, 1.54) is 19.3 Å². The van der Waals surface area contributed by atoms with E-state index in [1.807, 2.05) is 26.1 Å². The predicted octanol–water partition coefficient (Wildman–Crippen LogP) is 3.10. The monoisotopic (exact) mass is 273 g/mol. The Morgan fingerprint density at radius 3 is 2.70 bits per heavy atom. The lowest BCUT2D eigenvalue weighted by molar-refractivity contribution is 0.0999. The number of hydrogen-bond acceptors (Lipinski definition) is 2. The molecule has 1 aromatic heterocycles. The molecule has 0 bridgehead atoms. The van der Waals surface area contributed by atoms with Crippen LogP contribution in [0.25, 0.3) is 11.0 Å². The zero-order valence-corrected chi connectivity index (χ0v) is 12.6. The van der Waals surface area contributed by atoms with Crippen molar-refractivity contribution in [2.24, 2.45) is 12.8 Å². The second-order valence-corrected chi connectivity index (χ2v) is 5.35. The summed E-state index contributed by atoms with van der Waals surface area (Å²) in [6.07, 6.45) is 5.55. The molecular formula is C16H23N3O. The summed E-state index contributed by atoms with van der Waals surface area (Å²) in [7, 11) is 2.00. The first kappa shape index (κ1) is 14.6. The van der Waals surface area contributed by atoms with E-state index in [0.717, 1.165) is 35.3 Å². The van der Waals surface area contributed by atoms with Crippen molar-refractivity contribution in [1.82, 2.24) is 9.55 Å². The minimum Gasteiger partial charge on any atom is -0.366 e. The lowest BCUT2D eigenvalue weighted by atomic mass is 9.99. The molecule has 108 valence electrons. The summed E-state index contributed by atoms with van der Waals surface area (Å²) >= 11 is 0. The normalized spacial score (nSPS) is 11.2. The van der Waals surface area contributed by atoms with Gasteiger partial charge in [-0.05, 0) is 37.5 Å². The van der Waals surface area contributed by atoms with E-state index in [9.17, 15) is 4.79 Å². The van der Waals surface area contributed by atoms with Crippen molar-refractivity contribution < 1.29 is 4.79 Å². The molecule has 20 heavy (non-hydrogen) atoms. The van der Waals surface area contributed by atoms with E-state index in [1.54, 1.807) is 0 Å². The summed E-state index contributed by atoms with van der Waals surface area (Å²) < 4.78 is 2.05. The van der Waals surface area contributed by atoms with Crippen LogP contribution in [0.2, 0.25) is 0 Å². The number of primary amides is 1. The van der Waals surface area contributed by atoms with Gasteiger partial charge in [0.1, 0.15) is 5.82 Å². The molecule has 0 aliphatic carbocycles. The highest BCUT2D eigenvalue weighted by molar-refractivity contribution is 5.99. The number of fused-ring (bicyclic) bond motifs is 1. The molecule has 0 aliphatic heterocycles. The van der Waals surface area contributed by atoms with Gasteiger partial charge in [0.05, 0.1) is 11.0 Å². The van der Waals surface area contributed by atoms with Gasteiger partial charge >= 0.3 is 0 Å². The molecule has 1 aromatic carbocycles. The molecule has 0 unspecified atom stereocenters. The Morgan fingerprint density at radius 1 is 1.30 bits per heavy atom. The molecule has 0 fully saturated rings. The first-order valence-corrected chi connectivity index (χ1v) is 7.31. The molecule has 1 amide bonds. The number of nitrogens with two attached hydrogens (primary N) is 1. The maximum atomic E-state index is 11.6. The summed E-state index contributed by atoms with van der Waals surface area (Å²) in [6, 6.07) is 3.77. The van der Waals surface area contributed by atoms with Crippen LogP contribution in [-0.4, -0.2) is 15.5 Å². The molecule has 0 atom stereocenters. The molecular weight excluding hydrogens is 250 g/mol. The largest absolute Gasteiger partial charge is 0.366 e. The number of unbranched alkanes of at least 4 members (excludes halogenated alkanes) is 3. The molecule has 0 spiro atoms. The van der Waals surface area contributed by atoms with Gasteiger partial charge in [-0.25, -0.2) is 4.98 Å². The summed E-state index contributed by atoms with van der Waals surface area (Å²) in [5.41, 5.74) is 9.13. The lowest BCUT2D eigenvalue weighted by Crippen LogP contribution is -2.14. The highest BCUT2D eigenvalue weighted by Gasteiger charge is 2.15. The number of rotatable bonds is 6. The quantitative estimate of drug-likeness (QED) is 0.822. The van der Waals surface area contributed by atoms with Gasteiger partial charge in [-0.2, -0.15) is 0 Å². The first-order chi connectivity index (χ1) is 9.56. The Morgan fingerprint density at radius 2 is 2.05 bits per heavy atom. The van der Waals surface area contributed by atoms with E-state index in [0.29, 0.717) is 5.56 Å². The third-order valence-electron chi connectivity index (χ3n) is 3.93. The van der Waals surface area contributed by atoms with Gasteiger partial charge in [0, 0.05) is 12.6 Å². The SMILES string of the molecule is CCCCCCc1c(C(N)=O)ccc2c1nc(C)n2C. The maximum absolute atomic E-state index is 11.6. The van der Waals surface area contributed by atoms with Crippen molar-refractivity contribution in [1.29, 1.82) is 0 Å². The lowest BCUT2D eigenvalue weighted by Gasteiger charge is -2.08. The van der Waals surface area contributed by atoms with E-state index < -0.39 is 0 Å². The molecule has 2 aromatic rings. The van der Waals surface area contributed by atoms with Crippen LogP contribution in [0.3, 0.4) is 0 Å². The van der Waals surface area contributed by atoms with Gasteiger partial charge in [0.15, 0.2) is 0 Å². The summed E-state index contributed by atoms with van der Waals surface area (Å²) in [4.78, 5) is 16.2. The fraction of sp³-hybridized carbons (Fsp3) is 0.500. The molecule has 0 radical (unpaired) electrons. The predicted molar refractivity (Wildman–Crippen MR) is 81.8 cm³/mol. The Kier molecular flexibility index (Phi) is 4.42. The van der Waals surface area contributed by atoms with E-state index in [2.05, 4.69) is 16.5 Å². The molecule has 1 heterocycles. The van der Waals surface area contributed by atoms with Crippen molar-refractivity contribution >= 4 is 16.9 Å². The number of aromatic nitrogens is 2. The Balaban J connectivity index is 2.43. The van der Waals surface area contributed by atoms with Crippen molar-refractivity contribution in [2.45, 2.75) is 46.0 Å². The van der Waals surface area contributed by atoms with Gasteiger partial charge < -0.3 is 10.3 Å². The second kappa shape index (κ2) is 6.07. The molecule has 0 aliphatic rings. The number of nitrogens with zero attached hydrogens (tertiary/aromatic N) is 2. The van der Waals surface area contributed by atoms with Crippen LogP contribution >= 0.6 is 0 Å². The van der Waals surface area contributed by atoms with Gasteiger partial charge in [-0.3, -0.25) is 4.79 Å². The average molecular weight is 273 g/mol. The highest BCUT2D eigenvalue weighted by atomic mass is 16.1. The fourth-order valence-corrected chi connectivity index (χ4v) is 2.64. The zero-order valence-electron chi connectivity index (χ0n) is 12.6. The number of carbonyl (C=O) groups excluding carboxylic acids is 1.